The van der Waals surface area contributed by atoms with Crippen molar-refractivity contribution in [3.63, 3.8) is 0 Å². The molecule has 0 aromatic heterocycles. The van der Waals surface area contributed by atoms with Gasteiger partial charge in [0.1, 0.15) is 0 Å². The molecular formula is C14H28N2O. The van der Waals surface area contributed by atoms with Gasteiger partial charge < -0.3 is 11.1 Å². The summed E-state index contributed by atoms with van der Waals surface area (Å²) in [5, 5.41) is 3.17. The summed E-state index contributed by atoms with van der Waals surface area (Å²) in [5.74, 6) is 0.968. The molecule has 0 aromatic rings. The van der Waals surface area contributed by atoms with Gasteiger partial charge in [-0.25, -0.2) is 0 Å². The molecule has 1 rings (SSSR count). The van der Waals surface area contributed by atoms with Crippen LogP contribution in [0.3, 0.4) is 0 Å². The molecule has 3 heteroatoms. The fraction of sp³-hybridized carbons (Fsp3) is 0.929. The first kappa shape index (κ1) is 14.5. The maximum Gasteiger partial charge on any atom is 0.223 e. The lowest BCUT2D eigenvalue weighted by atomic mass is 9.83. The summed E-state index contributed by atoms with van der Waals surface area (Å²) in [5.41, 5.74) is 5.82. The summed E-state index contributed by atoms with van der Waals surface area (Å²) in [6, 6.07) is 0.198. The molecule has 0 bridgehead atoms. The Kier molecular flexibility index (Phi) is 6.56. The predicted octanol–water partition coefficient (Wildman–Crippen LogP) is 2.45. The molecule has 1 saturated carbocycles. The van der Waals surface area contributed by atoms with Crippen LogP contribution in [-0.2, 0) is 4.79 Å². The Bertz CT molecular complexity index is 220. The topological polar surface area (TPSA) is 55.1 Å². The highest BCUT2D eigenvalue weighted by Crippen LogP contribution is 2.26. The lowest BCUT2D eigenvalue weighted by Gasteiger charge is -2.31. The van der Waals surface area contributed by atoms with E-state index in [9.17, 15) is 4.79 Å². The highest BCUT2D eigenvalue weighted by molar-refractivity contribution is 5.78. The van der Waals surface area contributed by atoms with Crippen molar-refractivity contribution in [1.82, 2.24) is 5.32 Å². The van der Waals surface area contributed by atoms with Crippen LogP contribution in [0, 0.1) is 11.8 Å². The smallest absolute Gasteiger partial charge is 0.223 e. The Hall–Kier alpha value is -0.570. The summed E-state index contributed by atoms with van der Waals surface area (Å²) >= 11 is 0. The van der Waals surface area contributed by atoms with Gasteiger partial charge >= 0.3 is 0 Å². The number of amides is 1. The molecule has 1 aliphatic carbocycles. The van der Waals surface area contributed by atoms with E-state index in [1.165, 1.54) is 32.1 Å². The van der Waals surface area contributed by atoms with E-state index < -0.39 is 0 Å². The van der Waals surface area contributed by atoms with E-state index in [0.29, 0.717) is 12.5 Å². The fourth-order valence-electron chi connectivity index (χ4n) is 2.87. The molecule has 17 heavy (non-hydrogen) atoms. The largest absolute Gasteiger partial charge is 0.352 e. The van der Waals surface area contributed by atoms with Crippen LogP contribution in [0.25, 0.3) is 0 Å². The summed E-state index contributed by atoms with van der Waals surface area (Å²) in [6.07, 6.45) is 8.23. The third-order valence-corrected chi connectivity index (χ3v) is 4.16. The van der Waals surface area contributed by atoms with Gasteiger partial charge in [-0.15, -0.1) is 0 Å². The molecule has 1 fully saturated rings. The zero-order valence-electron chi connectivity index (χ0n) is 11.4. The standard InChI is InChI=1S/C14H28N2O/c1-3-11(4-2)14(17)16-13(10-15)12-8-6-5-7-9-12/h11-13H,3-10,15H2,1-2H3,(H,16,17). The van der Waals surface area contributed by atoms with E-state index in [4.69, 9.17) is 5.73 Å². The molecule has 0 saturated heterocycles. The number of carbonyl (C=O) groups is 1. The van der Waals surface area contributed by atoms with Gasteiger partial charge in [0.05, 0.1) is 0 Å². The monoisotopic (exact) mass is 240 g/mol. The van der Waals surface area contributed by atoms with Gasteiger partial charge in [-0.3, -0.25) is 4.79 Å². The molecule has 0 heterocycles. The average Bonchev–Trinajstić information content (AvgIpc) is 2.38. The van der Waals surface area contributed by atoms with Gasteiger partial charge in [-0.05, 0) is 31.6 Å². The van der Waals surface area contributed by atoms with Gasteiger partial charge in [0, 0.05) is 18.5 Å². The van der Waals surface area contributed by atoms with Gasteiger partial charge in [0.2, 0.25) is 5.91 Å². The zero-order chi connectivity index (χ0) is 12.7. The minimum atomic E-state index is 0.160. The highest BCUT2D eigenvalue weighted by Gasteiger charge is 2.25. The zero-order valence-corrected chi connectivity index (χ0v) is 11.4. The van der Waals surface area contributed by atoms with E-state index in [1.807, 2.05) is 0 Å². The normalized spacial score (nSPS) is 19.3. The number of hydrogen-bond acceptors (Lipinski definition) is 2. The SMILES string of the molecule is CCC(CC)C(=O)NC(CN)C1CCCCC1. The van der Waals surface area contributed by atoms with Crippen molar-refractivity contribution in [3.05, 3.63) is 0 Å². The van der Waals surface area contributed by atoms with Crippen LogP contribution < -0.4 is 11.1 Å². The van der Waals surface area contributed by atoms with Crippen molar-refractivity contribution in [2.75, 3.05) is 6.54 Å². The average molecular weight is 240 g/mol. The first-order valence-corrected chi connectivity index (χ1v) is 7.23. The molecule has 3 nitrogen and oxygen atoms in total. The second-order valence-corrected chi connectivity index (χ2v) is 5.26. The fourth-order valence-corrected chi connectivity index (χ4v) is 2.87. The molecule has 1 atom stereocenters. The van der Waals surface area contributed by atoms with Crippen molar-refractivity contribution in [2.45, 2.75) is 64.8 Å². The van der Waals surface area contributed by atoms with Gasteiger partial charge in [0.25, 0.3) is 0 Å². The van der Waals surface area contributed by atoms with E-state index in [-0.39, 0.29) is 17.9 Å². The quantitative estimate of drug-likeness (QED) is 0.749. The van der Waals surface area contributed by atoms with Gasteiger partial charge in [-0.1, -0.05) is 33.1 Å². The molecule has 100 valence electrons. The summed E-state index contributed by atoms with van der Waals surface area (Å²) in [7, 11) is 0. The Balaban J connectivity index is 2.47. The number of nitrogens with one attached hydrogen (secondary N) is 1. The lowest BCUT2D eigenvalue weighted by Crippen LogP contribution is -2.47. The molecule has 1 aliphatic rings. The lowest BCUT2D eigenvalue weighted by molar-refractivity contribution is -0.126. The maximum absolute atomic E-state index is 12.1. The summed E-state index contributed by atoms with van der Waals surface area (Å²) < 4.78 is 0. The molecule has 0 aliphatic heterocycles. The Morgan fingerprint density at radius 1 is 1.24 bits per heavy atom. The van der Waals surface area contributed by atoms with E-state index >= 15 is 0 Å². The molecule has 1 amide bonds. The second-order valence-electron chi connectivity index (χ2n) is 5.26. The third-order valence-electron chi connectivity index (χ3n) is 4.16. The summed E-state index contributed by atoms with van der Waals surface area (Å²) in [4.78, 5) is 12.1. The molecular weight excluding hydrogens is 212 g/mol. The van der Waals surface area contributed by atoms with E-state index in [0.717, 1.165) is 12.8 Å². The Labute approximate surface area is 106 Å². The highest BCUT2D eigenvalue weighted by atomic mass is 16.1. The molecule has 1 unspecified atom stereocenters. The van der Waals surface area contributed by atoms with Crippen molar-refractivity contribution in [2.24, 2.45) is 17.6 Å². The van der Waals surface area contributed by atoms with Crippen LogP contribution in [0.1, 0.15) is 58.8 Å². The number of hydrogen-bond donors (Lipinski definition) is 2. The molecule has 0 radical (unpaired) electrons. The molecule has 0 spiro atoms. The van der Waals surface area contributed by atoms with E-state index in [2.05, 4.69) is 19.2 Å². The molecule has 0 aromatic carbocycles. The van der Waals surface area contributed by atoms with Crippen molar-refractivity contribution < 1.29 is 4.79 Å². The molecule has 3 N–H and O–H groups in total. The van der Waals surface area contributed by atoms with Crippen LogP contribution in [-0.4, -0.2) is 18.5 Å². The van der Waals surface area contributed by atoms with Gasteiger partial charge in [-0.2, -0.15) is 0 Å². The summed E-state index contributed by atoms with van der Waals surface area (Å²) in [6.45, 7) is 4.73. The first-order chi connectivity index (χ1) is 8.22. The third kappa shape index (κ3) is 4.30. The van der Waals surface area contributed by atoms with Crippen LogP contribution in [0.15, 0.2) is 0 Å². The predicted molar refractivity (Wildman–Crippen MR) is 71.6 cm³/mol. The first-order valence-electron chi connectivity index (χ1n) is 7.23. The van der Waals surface area contributed by atoms with Crippen LogP contribution >= 0.6 is 0 Å². The van der Waals surface area contributed by atoms with Gasteiger partial charge in [0.15, 0.2) is 0 Å². The van der Waals surface area contributed by atoms with E-state index in [1.54, 1.807) is 0 Å². The van der Waals surface area contributed by atoms with Crippen LogP contribution in [0.5, 0.6) is 0 Å². The number of rotatable bonds is 6. The minimum Gasteiger partial charge on any atom is -0.352 e. The van der Waals surface area contributed by atoms with Crippen molar-refractivity contribution >= 4 is 5.91 Å². The van der Waals surface area contributed by atoms with Crippen LogP contribution in [0.4, 0.5) is 0 Å². The minimum absolute atomic E-state index is 0.160. The number of nitrogens with two attached hydrogens (primary N) is 1. The van der Waals surface area contributed by atoms with Crippen molar-refractivity contribution in [1.29, 1.82) is 0 Å². The maximum atomic E-state index is 12.1. The second kappa shape index (κ2) is 7.70. The van der Waals surface area contributed by atoms with Crippen molar-refractivity contribution in [3.8, 4) is 0 Å². The Morgan fingerprint density at radius 2 is 1.82 bits per heavy atom. The number of carbonyl (C=O) groups excluding carboxylic acids is 1. The Morgan fingerprint density at radius 3 is 2.29 bits per heavy atom. The van der Waals surface area contributed by atoms with Crippen LogP contribution in [0.2, 0.25) is 0 Å².